The van der Waals surface area contributed by atoms with Crippen LogP contribution in [0.25, 0.3) is 0 Å². The van der Waals surface area contributed by atoms with Crippen molar-refractivity contribution in [3.8, 4) is 0 Å². The van der Waals surface area contributed by atoms with Gasteiger partial charge in [-0.05, 0) is 17.5 Å². The van der Waals surface area contributed by atoms with Crippen LogP contribution >= 0.6 is 0 Å². The second-order valence-corrected chi connectivity index (χ2v) is 3.61. The smallest absolute Gasteiger partial charge is 0.182 e. The van der Waals surface area contributed by atoms with E-state index in [0.717, 1.165) is 6.07 Å². The summed E-state index contributed by atoms with van der Waals surface area (Å²) in [5.41, 5.74) is 4.89. The average molecular weight is 213 g/mol. The SMILES string of the molecule is CC(C)c1ccc(F)c(C(=O)CN)c1F. The van der Waals surface area contributed by atoms with E-state index in [2.05, 4.69) is 0 Å². The molecule has 1 aromatic rings. The van der Waals surface area contributed by atoms with Gasteiger partial charge in [-0.25, -0.2) is 8.78 Å². The molecule has 0 aliphatic rings. The number of Topliss-reactive ketones (excluding diaryl/α,β-unsaturated/α-hetero) is 1. The second-order valence-electron chi connectivity index (χ2n) is 3.61. The van der Waals surface area contributed by atoms with E-state index in [4.69, 9.17) is 5.73 Å². The molecule has 4 heteroatoms. The third kappa shape index (κ3) is 2.21. The zero-order chi connectivity index (χ0) is 11.6. The molecule has 0 saturated heterocycles. The van der Waals surface area contributed by atoms with Crippen LogP contribution in [-0.2, 0) is 0 Å². The molecule has 0 bridgehead atoms. The minimum absolute atomic E-state index is 0.102. The molecular weight excluding hydrogens is 200 g/mol. The molecule has 0 amide bonds. The van der Waals surface area contributed by atoms with Crippen LogP contribution in [0, 0.1) is 11.6 Å². The fourth-order valence-electron chi connectivity index (χ4n) is 1.37. The minimum atomic E-state index is -0.854. The topological polar surface area (TPSA) is 43.1 Å². The molecular formula is C11H13F2NO. The Hall–Kier alpha value is -1.29. The number of rotatable bonds is 3. The molecule has 0 aliphatic carbocycles. The van der Waals surface area contributed by atoms with Crippen molar-refractivity contribution in [1.29, 1.82) is 0 Å². The Bertz CT molecular complexity index is 388. The van der Waals surface area contributed by atoms with Crippen LogP contribution in [0.5, 0.6) is 0 Å². The van der Waals surface area contributed by atoms with Gasteiger partial charge in [-0.15, -0.1) is 0 Å². The molecule has 1 aromatic carbocycles. The number of nitrogens with two attached hydrogens (primary N) is 1. The van der Waals surface area contributed by atoms with Crippen molar-refractivity contribution in [3.63, 3.8) is 0 Å². The molecule has 0 aromatic heterocycles. The summed E-state index contributed by atoms with van der Waals surface area (Å²) in [5, 5.41) is 0. The first-order chi connectivity index (χ1) is 6.99. The van der Waals surface area contributed by atoms with Gasteiger partial charge in [-0.1, -0.05) is 19.9 Å². The van der Waals surface area contributed by atoms with Gasteiger partial charge < -0.3 is 5.73 Å². The predicted molar refractivity (Wildman–Crippen MR) is 53.8 cm³/mol. The minimum Gasteiger partial charge on any atom is -0.324 e. The fourth-order valence-corrected chi connectivity index (χ4v) is 1.37. The Balaban J connectivity index is 3.36. The van der Waals surface area contributed by atoms with Crippen molar-refractivity contribution in [1.82, 2.24) is 0 Å². The predicted octanol–water partition coefficient (Wildman–Crippen LogP) is 2.23. The van der Waals surface area contributed by atoms with E-state index in [1.807, 2.05) is 0 Å². The van der Waals surface area contributed by atoms with Gasteiger partial charge in [0.25, 0.3) is 0 Å². The van der Waals surface area contributed by atoms with Crippen molar-refractivity contribution in [2.24, 2.45) is 5.73 Å². The highest BCUT2D eigenvalue weighted by atomic mass is 19.1. The molecule has 1 rings (SSSR count). The molecule has 0 fully saturated rings. The fraction of sp³-hybridized carbons (Fsp3) is 0.364. The van der Waals surface area contributed by atoms with Gasteiger partial charge in [-0.2, -0.15) is 0 Å². The van der Waals surface area contributed by atoms with Gasteiger partial charge in [0.05, 0.1) is 12.1 Å². The van der Waals surface area contributed by atoms with Crippen molar-refractivity contribution in [2.75, 3.05) is 6.54 Å². The van der Waals surface area contributed by atoms with Crippen LogP contribution in [0.4, 0.5) is 8.78 Å². The summed E-state index contributed by atoms with van der Waals surface area (Å²) in [7, 11) is 0. The summed E-state index contributed by atoms with van der Waals surface area (Å²) in [6.45, 7) is 3.15. The monoisotopic (exact) mass is 213 g/mol. The van der Waals surface area contributed by atoms with Gasteiger partial charge in [0.1, 0.15) is 11.6 Å². The summed E-state index contributed by atoms with van der Waals surface area (Å²) >= 11 is 0. The molecule has 0 radical (unpaired) electrons. The van der Waals surface area contributed by atoms with E-state index >= 15 is 0 Å². The molecule has 2 nitrogen and oxygen atoms in total. The molecule has 2 N–H and O–H groups in total. The third-order valence-corrected chi connectivity index (χ3v) is 2.21. The largest absolute Gasteiger partial charge is 0.324 e. The van der Waals surface area contributed by atoms with Crippen LogP contribution in [0.3, 0.4) is 0 Å². The van der Waals surface area contributed by atoms with E-state index < -0.39 is 29.5 Å². The zero-order valence-corrected chi connectivity index (χ0v) is 8.68. The molecule has 0 spiro atoms. The number of hydrogen-bond donors (Lipinski definition) is 1. The first-order valence-electron chi connectivity index (χ1n) is 4.70. The zero-order valence-electron chi connectivity index (χ0n) is 8.68. The number of halogens is 2. The van der Waals surface area contributed by atoms with E-state index in [-0.39, 0.29) is 5.92 Å². The Morgan fingerprint density at radius 1 is 1.40 bits per heavy atom. The lowest BCUT2D eigenvalue weighted by atomic mass is 9.97. The highest BCUT2D eigenvalue weighted by Crippen LogP contribution is 2.23. The van der Waals surface area contributed by atoms with Gasteiger partial charge in [0.2, 0.25) is 0 Å². The standard InChI is InChI=1S/C11H13F2NO/c1-6(2)7-3-4-8(12)10(11(7)13)9(15)5-14/h3-4,6H,5,14H2,1-2H3. The lowest BCUT2D eigenvalue weighted by Crippen LogP contribution is -2.18. The van der Waals surface area contributed by atoms with Crippen LogP contribution in [0.2, 0.25) is 0 Å². The summed E-state index contributed by atoms with van der Waals surface area (Å²) in [5.74, 6) is -2.46. The van der Waals surface area contributed by atoms with Crippen LogP contribution in [0.1, 0.15) is 35.7 Å². The normalized spacial score (nSPS) is 10.8. The van der Waals surface area contributed by atoms with E-state index in [0.29, 0.717) is 5.56 Å². The Labute approximate surface area is 87.1 Å². The molecule has 0 heterocycles. The lowest BCUT2D eigenvalue weighted by molar-refractivity contribution is 0.0993. The van der Waals surface area contributed by atoms with Crippen LogP contribution in [-0.4, -0.2) is 12.3 Å². The quantitative estimate of drug-likeness (QED) is 0.782. The van der Waals surface area contributed by atoms with Crippen molar-refractivity contribution in [2.45, 2.75) is 19.8 Å². The van der Waals surface area contributed by atoms with E-state index in [9.17, 15) is 13.6 Å². The number of carbonyl (C=O) groups excluding carboxylic acids is 1. The number of benzene rings is 1. The Morgan fingerprint density at radius 2 is 2.00 bits per heavy atom. The van der Waals surface area contributed by atoms with Crippen molar-refractivity contribution in [3.05, 3.63) is 34.9 Å². The van der Waals surface area contributed by atoms with Crippen molar-refractivity contribution >= 4 is 5.78 Å². The lowest BCUT2D eigenvalue weighted by Gasteiger charge is -2.10. The molecule has 82 valence electrons. The summed E-state index contributed by atoms with van der Waals surface area (Å²) in [6.07, 6.45) is 0. The molecule has 0 atom stereocenters. The van der Waals surface area contributed by atoms with Crippen molar-refractivity contribution < 1.29 is 13.6 Å². The summed E-state index contributed by atoms with van der Waals surface area (Å²) in [4.78, 5) is 11.2. The maximum Gasteiger partial charge on any atom is 0.182 e. The first-order valence-corrected chi connectivity index (χ1v) is 4.70. The van der Waals surface area contributed by atoms with Gasteiger partial charge >= 0.3 is 0 Å². The Kier molecular flexibility index (Phi) is 3.52. The highest BCUT2D eigenvalue weighted by molar-refractivity contribution is 5.98. The Morgan fingerprint density at radius 3 is 2.47 bits per heavy atom. The molecule has 0 unspecified atom stereocenters. The third-order valence-electron chi connectivity index (χ3n) is 2.21. The van der Waals surface area contributed by atoms with Crippen LogP contribution in [0.15, 0.2) is 12.1 Å². The summed E-state index contributed by atoms with van der Waals surface area (Å²) in [6, 6.07) is 2.45. The van der Waals surface area contributed by atoms with Gasteiger partial charge in [-0.3, -0.25) is 4.79 Å². The first kappa shape index (κ1) is 11.8. The maximum absolute atomic E-state index is 13.7. The van der Waals surface area contributed by atoms with E-state index in [1.165, 1.54) is 6.07 Å². The number of hydrogen-bond acceptors (Lipinski definition) is 2. The summed E-state index contributed by atoms with van der Waals surface area (Å²) < 4.78 is 26.9. The number of ketones is 1. The molecule has 0 aliphatic heterocycles. The van der Waals surface area contributed by atoms with Gasteiger partial charge in [0, 0.05) is 0 Å². The maximum atomic E-state index is 13.7. The molecule has 15 heavy (non-hydrogen) atoms. The average Bonchev–Trinajstić information content (AvgIpc) is 2.16. The van der Waals surface area contributed by atoms with Crippen LogP contribution < -0.4 is 5.73 Å². The molecule has 0 saturated carbocycles. The van der Waals surface area contributed by atoms with E-state index in [1.54, 1.807) is 13.8 Å². The highest BCUT2D eigenvalue weighted by Gasteiger charge is 2.20. The second kappa shape index (κ2) is 4.49. The number of carbonyl (C=O) groups is 1. The van der Waals surface area contributed by atoms with Gasteiger partial charge in [0.15, 0.2) is 5.78 Å².